The van der Waals surface area contributed by atoms with Gasteiger partial charge < -0.3 is 10.2 Å². The van der Waals surface area contributed by atoms with Crippen LogP contribution in [0.5, 0.6) is 0 Å². The van der Waals surface area contributed by atoms with Crippen LogP contribution in [0.15, 0.2) is 24.3 Å². The number of likely N-dealkylation sites (tertiary alicyclic amines) is 1. The first-order valence-electron chi connectivity index (χ1n) is 8.36. The molecule has 0 radical (unpaired) electrons. The van der Waals surface area contributed by atoms with Gasteiger partial charge in [-0.15, -0.1) is 0 Å². The molecule has 0 saturated carbocycles. The third-order valence-corrected chi connectivity index (χ3v) is 4.53. The van der Waals surface area contributed by atoms with E-state index in [9.17, 15) is 9.59 Å². The standard InChI is InChI=1S/C18H25ClN2O2/c1-3-5-13(2)20-17(22)15-6-4-11-21(12-15)18(23)14-7-9-16(19)10-8-14/h7-10,13,15H,3-6,11-12H2,1-2H3,(H,20,22)/t13-,15-/m0/s1. The van der Waals surface area contributed by atoms with Crippen LogP contribution in [0.4, 0.5) is 0 Å². The number of carbonyl (C=O) groups is 2. The van der Waals surface area contributed by atoms with Gasteiger partial charge in [0.25, 0.3) is 5.91 Å². The normalized spacial score (nSPS) is 19.3. The fraction of sp³-hybridized carbons (Fsp3) is 0.556. The van der Waals surface area contributed by atoms with Gasteiger partial charge in [0, 0.05) is 29.7 Å². The molecular weight excluding hydrogens is 312 g/mol. The minimum absolute atomic E-state index is 0.0271. The van der Waals surface area contributed by atoms with Gasteiger partial charge in [-0.1, -0.05) is 24.9 Å². The molecule has 1 aliphatic heterocycles. The number of nitrogens with zero attached hydrogens (tertiary/aromatic N) is 1. The fourth-order valence-electron chi connectivity index (χ4n) is 3.02. The molecule has 0 spiro atoms. The molecule has 23 heavy (non-hydrogen) atoms. The van der Waals surface area contributed by atoms with Crippen molar-refractivity contribution in [3.63, 3.8) is 0 Å². The van der Waals surface area contributed by atoms with Crippen molar-refractivity contribution in [2.45, 2.75) is 45.6 Å². The van der Waals surface area contributed by atoms with Crippen LogP contribution in [0, 0.1) is 5.92 Å². The largest absolute Gasteiger partial charge is 0.353 e. The number of nitrogens with one attached hydrogen (secondary N) is 1. The Morgan fingerprint density at radius 3 is 2.70 bits per heavy atom. The number of hydrogen-bond acceptors (Lipinski definition) is 2. The maximum Gasteiger partial charge on any atom is 0.253 e. The predicted molar refractivity (Wildman–Crippen MR) is 92.6 cm³/mol. The molecule has 1 aliphatic rings. The van der Waals surface area contributed by atoms with Crippen molar-refractivity contribution < 1.29 is 9.59 Å². The molecule has 1 N–H and O–H groups in total. The zero-order chi connectivity index (χ0) is 16.8. The average Bonchev–Trinajstić information content (AvgIpc) is 2.55. The van der Waals surface area contributed by atoms with E-state index < -0.39 is 0 Å². The summed E-state index contributed by atoms with van der Waals surface area (Å²) in [4.78, 5) is 26.7. The molecule has 1 fully saturated rings. The van der Waals surface area contributed by atoms with Crippen molar-refractivity contribution in [2.75, 3.05) is 13.1 Å². The molecule has 0 bridgehead atoms. The van der Waals surface area contributed by atoms with Gasteiger partial charge in [-0.3, -0.25) is 9.59 Å². The smallest absolute Gasteiger partial charge is 0.253 e. The summed E-state index contributed by atoms with van der Waals surface area (Å²) in [5.41, 5.74) is 0.620. The zero-order valence-corrected chi connectivity index (χ0v) is 14.6. The van der Waals surface area contributed by atoms with Crippen LogP contribution in [0.3, 0.4) is 0 Å². The number of amides is 2. The average molecular weight is 337 g/mol. The molecule has 5 heteroatoms. The molecule has 126 valence electrons. The van der Waals surface area contributed by atoms with E-state index in [-0.39, 0.29) is 23.8 Å². The predicted octanol–water partition coefficient (Wildman–Crippen LogP) is 3.50. The summed E-state index contributed by atoms with van der Waals surface area (Å²) in [6.45, 7) is 5.33. The van der Waals surface area contributed by atoms with Crippen LogP contribution in [0.1, 0.15) is 49.9 Å². The van der Waals surface area contributed by atoms with Crippen LogP contribution < -0.4 is 5.32 Å². The lowest BCUT2D eigenvalue weighted by molar-refractivity contribution is -0.127. The van der Waals surface area contributed by atoms with Gasteiger partial charge in [0.05, 0.1) is 5.92 Å². The highest BCUT2D eigenvalue weighted by Crippen LogP contribution is 2.20. The highest BCUT2D eigenvalue weighted by Gasteiger charge is 2.29. The van der Waals surface area contributed by atoms with E-state index in [2.05, 4.69) is 12.2 Å². The summed E-state index contributed by atoms with van der Waals surface area (Å²) < 4.78 is 0. The molecule has 2 amide bonds. The third kappa shape index (κ3) is 4.96. The van der Waals surface area contributed by atoms with E-state index in [0.29, 0.717) is 23.7 Å². The molecule has 1 aromatic rings. The highest BCUT2D eigenvalue weighted by atomic mass is 35.5. The molecule has 2 rings (SSSR count). The molecule has 0 unspecified atom stereocenters. The number of benzene rings is 1. The Kier molecular flexibility index (Phi) is 6.46. The van der Waals surface area contributed by atoms with Gasteiger partial charge in [-0.05, 0) is 50.5 Å². The van der Waals surface area contributed by atoms with Crippen molar-refractivity contribution in [1.29, 1.82) is 0 Å². The SMILES string of the molecule is CCC[C@H](C)NC(=O)[C@H]1CCCN(C(=O)c2ccc(Cl)cc2)C1. The van der Waals surface area contributed by atoms with Gasteiger partial charge in [-0.2, -0.15) is 0 Å². The molecule has 2 atom stereocenters. The van der Waals surface area contributed by atoms with Crippen LogP contribution in [0.25, 0.3) is 0 Å². The number of hydrogen-bond donors (Lipinski definition) is 1. The van der Waals surface area contributed by atoms with Gasteiger partial charge >= 0.3 is 0 Å². The lowest BCUT2D eigenvalue weighted by Crippen LogP contribution is -2.47. The Morgan fingerprint density at radius 2 is 2.04 bits per heavy atom. The van der Waals surface area contributed by atoms with E-state index >= 15 is 0 Å². The summed E-state index contributed by atoms with van der Waals surface area (Å²) in [6, 6.07) is 7.09. The number of halogens is 1. The van der Waals surface area contributed by atoms with E-state index in [1.807, 2.05) is 6.92 Å². The van der Waals surface area contributed by atoms with Crippen LogP contribution in [-0.4, -0.2) is 35.8 Å². The summed E-state index contributed by atoms with van der Waals surface area (Å²) >= 11 is 5.86. The summed E-state index contributed by atoms with van der Waals surface area (Å²) in [5, 5.41) is 3.68. The summed E-state index contributed by atoms with van der Waals surface area (Å²) in [5.74, 6) is -0.0698. The molecule has 1 heterocycles. The second-order valence-electron chi connectivity index (χ2n) is 6.30. The summed E-state index contributed by atoms with van der Waals surface area (Å²) in [7, 11) is 0. The summed E-state index contributed by atoms with van der Waals surface area (Å²) in [6.07, 6.45) is 3.73. The van der Waals surface area contributed by atoms with Crippen LogP contribution >= 0.6 is 11.6 Å². The lowest BCUT2D eigenvalue weighted by Gasteiger charge is -2.32. The second kappa shape index (κ2) is 8.34. The van der Waals surface area contributed by atoms with Gasteiger partial charge in [0.15, 0.2) is 0 Å². The van der Waals surface area contributed by atoms with Gasteiger partial charge in [0.1, 0.15) is 0 Å². The monoisotopic (exact) mass is 336 g/mol. The Hall–Kier alpha value is -1.55. The lowest BCUT2D eigenvalue weighted by atomic mass is 9.96. The number of rotatable bonds is 5. The Morgan fingerprint density at radius 1 is 1.35 bits per heavy atom. The highest BCUT2D eigenvalue weighted by molar-refractivity contribution is 6.30. The maximum atomic E-state index is 12.6. The second-order valence-corrected chi connectivity index (χ2v) is 6.73. The first-order chi connectivity index (χ1) is 11.0. The Bertz CT molecular complexity index is 544. The van der Waals surface area contributed by atoms with Crippen LogP contribution in [-0.2, 0) is 4.79 Å². The minimum atomic E-state index is -0.112. The zero-order valence-electron chi connectivity index (χ0n) is 13.8. The van der Waals surface area contributed by atoms with E-state index in [0.717, 1.165) is 25.7 Å². The van der Waals surface area contributed by atoms with Crippen molar-refractivity contribution in [1.82, 2.24) is 10.2 Å². The van der Waals surface area contributed by atoms with Gasteiger partial charge in [0.2, 0.25) is 5.91 Å². The quantitative estimate of drug-likeness (QED) is 0.894. The first-order valence-corrected chi connectivity index (χ1v) is 8.74. The Labute approximate surface area is 143 Å². The maximum absolute atomic E-state index is 12.6. The van der Waals surface area contributed by atoms with Crippen molar-refractivity contribution in [3.8, 4) is 0 Å². The molecule has 1 saturated heterocycles. The molecule has 1 aromatic carbocycles. The van der Waals surface area contributed by atoms with Crippen molar-refractivity contribution in [2.24, 2.45) is 5.92 Å². The molecule has 4 nitrogen and oxygen atoms in total. The van der Waals surface area contributed by atoms with Crippen molar-refractivity contribution >= 4 is 23.4 Å². The molecule has 0 aromatic heterocycles. The van der Waals surface area contributed by atoms with Crippen LogP contribution in [0.2, 0.25) is 5.02 Å². The Balaban J connectivity index is 1.96. The van der Waals surface area contributed by atoms with Crippen molar-refractivity contribution in [3.05, 3.63) is 34.9 Å². The van der Waals surface area contributed by atoms with E-state index in [4.69, 9.17) is 11.6 Å². The molecule has 0 aliphatic carbocycles. The third-order valence-electron chi connectivity index (χ3n) is 4.28. The van der Waals surface area contributed by atoms with Gasteiger partial charge in [-0.25, -0.2) is 0 Å². The van der Waals surface area contributed by atoms with E-state index in [1.165, 1.54) is 0 Å². The minimum Gasteiger partial charge on any atom is -0.353 e. The number of carbonyl (C=O) groups excluding carboxylic acids is 2. The molecular formula is C18H25ClN2O2. The topological polar surface area (TPSA) is 49.4 Å². The first kappa shape index (κ1) is 17.8. The van der Waals surface area contributed by atoms with E-state index in [1.54, 1.807) is 29.2 Å². The number of piperidine rings is 1. The fourth-order valence-corrected chi connectivity index (χ4v) is 3.14.